The Balaban J connectivity index is 2.02. The highest BCUT2D eigenvalue weighted by atomic mass is 32.2. The van der Waals surface area contributed by atoms with Gasteiger partial charge in [0.05, 0.1) is 4.90 Å². The van der Waals surface area contributed by atoms with Crippen LogP contribution in [0.15, 0.2) is 47.4 Å². The second-order valence-electron chi connectivity index (χ2n) is 6.90. The van der Waals surface area contributed by atoms with Gasteiger partial charge in [0, 0.05) is 23.7 Å². The molecule has 2 N–H and O–H groups in total. The summed E-state index contributed by atoms with van der Waals surface area (Å²) in [5.74, 6) is 1.14. The first-order chi connectivity index (χ1) is 13.7. The molecule has 3 rings (SSSR count). The molecule has 0 amide bonds. The summed E-state index contributed by atoms with van der Waals surface area (Å²) in [6, 6.07) is 12.4. The number of nitrogens with one attached hydrogen (secondary N) is 2. The van der Waals surface area contributed by atoms with E-state index in [1.165, 1.54) is 6.26 Å². The fraction of sp³-hybridized carbons (Fsp3) is 0.300. The van der Waals surface area contributed by atoms with Gasteiger partial charge in [-0.3, -0.25) is 0 Å². The number of rotatable bonds is 7. The van der Waals surface area contributed by atoms with Gasteiger partial charge in [0.25, 0.3) is 0 Å². The smallest absolute Gasteiger partial charge is 0.232 e. The zero-order valence-electron chi connectivity index (χ0n) is 16.8. The van der Waals surface area contributed by atoms with E-state index in [-0.39, 0.29) is 10.9 Å². The summed E-state index contributed by atoms with van der Waals surface area (Å²) in [5, 5.41) is 6.25. The van der Waals surface area contributed by atoms with E-state index in [0.717, 1.165) is 12.1 Å². The number of benzene rings is 1. The molecule has 2 aromatic heterocycles. The number of aryl methyl sites for hydroxylation is 1. The summed E-state index contributed by atoms with van der Waals surface area (Å²) in [4.78, 5) is 18.2. The number of aromatic nitrogens is 4. The van der Waals surface area contributed by atoms with Crippen molar-refractivity contribution in [2.24, 2.45) is 0 Å². The average Bonchev–Trinajstić information content (AvgIpc) is 2.67. The molecule has 0 fully saturated rings. The molecule has 8 nitrogen and oxygen atoms in total. The SMILES string of the molecule is CCc1cccc(-c2nc(Nc3cccc(S(C)(=O)=O)c3)nc(NC(C)C)n2)n1. The minimum atomic E-state index is -3.32. The summed E-state index contributed by atoms with van der Waals surface area (Å²) < 4.78 is 23.7. The Kier molecular flexibility index (Phi) is 6.07. The van der Waals surface area contributed by atoms with Crippen molar-refractivity contribution in [3.63, 3.8) is 0 Å². The highest BCUT2D eigenvalue weighted by molar-refractivity contribution is 7.90. The van der Waals surface area contributed by atoms with Crippen molar-refractivity contribution < 1.29 is 8.42 Å². The average molecular weight is 413 g/mol. The standard InChI is InChI=1S/C20H24N6O2S/c1-5-14-8-7-11-17(22-14)18-24-19(21-13(2)3)26-20(25-18)23-15-9-6-10-16(12-15)29(4,27)28/h6-13H,5H2,1-4H3,(H2,21,23,24,25,26). The number of nitrogens with zero attached hydrogens (tertiary/aromatic N) is 4. The third-order valence-corrected chi connectivity index (χ3v) is 5.08. The molecule has 1 aromatic carbocycles. The molecule has 3 aromatic rings. The molecule has 0 radical (unpaired) electrons. The lowest BCUT2D eigenvalue weighted by Crippen LogP contribution is -2.14. The van der Waals surface area contributed by atoms with E-state index in [9.17, 15) is 8.42 Å². The van der Waals surface area contributed by atoms with Gasteiger partial charge in [-0.1, -0.05) is 19.1 Å². The normalized spacial score (nSPS) is 11.5. The Labute approximate surface area is 170 Å². The van der Waals surface area contributed by atoms with E-state index >= 15 is 0 Å². The number of anilines is 3. The van der Waals surface area contributed by atoms with Crippen molar-refractivity contribution in [2.45, 2.75) is 38.1 Å². The van der Waals surface area contributed by atoms with Gasteiger partial charge >= 0.3 is 0 Å². The van der Waals surface area contributed by atoms with Gasteiger partial charge in [-0.25, -0.2) is 13.4 Å². The molecule has 0 aliphatic heterocycles. The lowest BCUT2D eigenvalue weighted by atomic mass is 10.2. The summed E-state index contributed by atoms with van der Waals surface area (Å²) in [7, 11) is -3.32. The van der Waals surface area contributed by atoms with Crippen molar-refractivity contribution in [3.8, 4) is 11.5 Å². The third-order valence-electron chi connectivity index (χ3n) is 3.97. The lowest BCUT2D eigenvalue weighted by Gasteiger charge is -2.12. The zero-order valence-corrected chi connectivity index (χ0v) is 17.7. The summed E-state index contributed by atoms with van der Waals surface area (Å²) in [5.41, 5.74) is 2.15. The summed E-state index contributed by atoms with van der Waals surface area (Å²) in [6.07, 6.45) is 1.98. The molecule has 9 heteroatoms. The van der Waals surface area contributed by atoms with E-state index in [1.807, 2.05) is 39.0 Å². The van der Waals surface area contributed by atoms with Crippen LogP contribution >= 0.6 is 0 Å². The largest absolute Gasteiger partial charge is 0.352 e. The minimum Gasteiger partial charge on any atom is -0.352 e. The van der Waals surface area contributed by atoms with E-state index in [0.29, 0.717) is 29.1 Å². The van der Waals surface area contributed by atoms with E-state index < -0.39 is 9.84 Å². The fourth-order valence-electron chi connectivity index (χ4n) is 2.60. The molecule has 0 aliphatic rings. The van der Waals surface area contributed by atoms with Gasteiger partial charge in [-0.15, -0.1) is 0 Å². The first-order valence-corrected chi connectivity index (χ1v) is 11.2. The van der Waals surface area contributed by atoms with Crippen LogP contribution in [0.4, 0.5) is 17.6 Å². The second kappa shape index (κ2) is 8.52. The molecule has 0 saturated carbocycles. The van der Waals surface area contributed by atoms with Crippen molar-refractivity contribution in [3.05, 3.63) is 48.2 Å². The molecule has 152 valence electrons. The summed E-state index contributed by atoms with van der Waals surface area (Å²) >= 11 is 0. The maximum Gasteiger partial charge on any atom is 0.232 e. The Morgan fingerprint density at radius 3 is 2.38 bits per heavy atom. The molecule has 0 aliphatic carbocycles. The second-order valence-corrected chi connectivity index (χ2v) is 8.91. The van der Waals surface area contributed by atoms with E-state index in [4.69, 9.17) is 0 Å². The monoisotopic (exact) mass is 412 g/mol. The predicted molar refractivity (Wildman–Crippen MR) is 114 cm³/mol. The van der Waals surface area contributed by atoms with Gasteiger partial charge < -0.3 is 10.6 Å². The van der Waals surface area contributed by atoms with Crippen LogP contribution in [0, 0.1) is 0 Å². The molecule has 0 bridgehead atoms. The van der Waals surface area contributed by atoms with Gasteiger partial charge in [0.2, 0.25) is 11.9 Å². The third kappa shape index (κ3) is 5.47. The van der Waals surface area contributed by atoms with Crippen LogP contribution in [-0.4, -0.2) is 40.7 Å². The molecule has 0 spiro atoms. The van der Waals surface area contributed by atoms with Crippen molar-refractivity contribution in [1.29, 1.82) is 0 Å². The topological polar surface area (TPSA) is 110 Å². The maximum atomic E-state index is 11.8. The molecule has 0 saturated heterocycles. The lowest BCUT2D eigenvalue weighted by molar-refractivity contribution is 0.602. The first-order valence-electron chi connectivity index (χ1n) is 9.30. The van der Waals surface area contributed by atoms with Gasteiger partial charge in [0.1, 0.15) is 5.69 Å². The number of hydrogen-bond donors (Lipinski definition) is 2. The Morgan fingerprint density at radius 1 is 0.966 bits per heavy atom. The zero-order chi connectivity index (χ0) is 21.0. The van der Waals surface area contributed by atoms with E-state index in [2.05, 4.69) is 30.6 Å². The molecule has 0 atom stereocenters. The van der Waals surface area contributed by atoms with Crippen LogP contribution in [0.1, 0.15) is 26.5 Å². The Bertz CT molecular complexity index is 1120. The van der Waals surface area contributed by atoms with Crippen molar-refractivity contribution in [2.75, 3.05) is 16.9 Å². The molecular formula is C20H24N6O2S. The van der Waals surface area contributed by atoms with Gasteiger partial charge in [-0.05, 0) is 50.6 Å². The van der Waals surface area contributed by atoms with Crippen LogP contribution in [0.25, 0.3) is 11.5 Å². The maximum absolute atomic E-state index is 11.8. The van der Waals surface area contributed by atoms with Crippen LogP contribution in [0.5, 0.6) is 0 Å². The first kappa shape index (κ1) is 20.7. The molecule has 0 unspecified atom stereocenters. The molecule has 2 heterocycles. The summed E-state index contributed by atoms with van der Waals surface area (Å²) in [6.45, 7) is 6.01. The number of sulfone groups is 1. The van der Waals surface area contributed by atoms with Crippen molar-refractivity contribution >= 4 is 27.4 Å². The van der Waals surface area contributed by atoms with Crippen LogP contribution in [0.2, 0.25) is 0 Å². The van der Waals surface area contributed by atoms with Crippen LogP contribution in [0.3, 0.4) is 0 Å². The Morgan fingerprint density at radius 2 is 1.69 bits per heavy atom. The fourth-order valence-corrected chi connectivity index (χ4v) is 3.27. The highest BCUT2D eigenvalue weighted by Gasteiger charge is 2.13. The van der Waals surface area contributed by atoms with Gasteiger partial charge in [-0.2, -0.15) is 15.0 Å². The predicted octanol–water partition coefficient (Wildman–Crippen LogP) is 3.46. The minimum absolute atomic E-state index is 0.126. The number of pyridine rings is 1. The number of hydrogen-bond acceptors (Lipinski definition) is 8. The highest BCUT2D eigenvalue weighted by Crippen LogP contribution is 2.21. The quantitative estimate of drug-likeness (QED) is 0.607. The van der Waals surface area contributed by atoms with Crippen molar-refractivity contribution in [1.82, 2.24) is 19.9 Å². The van der Waals surface area contributed by atoms with Crippen LogP contribution < -0.4 is 10.6 Å². The molecular weight excluding hydrogens is 388 g/mol. The van der Waals surface area contributed by atoms with Gasteiger partial charge in [0.15, 0.2) is 15.7 Å². The van der Waals surface area contributed by atoms with E-state index in [1.54, 1.807) is 24.3 Å². The van der Waals surface area contributed by atoms with Crippen LogP contribution in [-0.2, 0) is 16.3 Å². The Hall–Kier alpha value is -3.07. The molecule has 29 heavy (non-hydrogen) atoms.